The monoisotopic (exact) mass is 348 g/mol. The van der Waals surface area contributed by atoms with Crippen LogP contribution < -0.4 is 0 Å². The van der Waals surface area contributed by atoms with Crippen molar-refractivity contribution in [2.24, 2.45) is 0 Å². The molecule has 0 fully saturated rings. The van der Waals surface area contributed by atoms with E-state index in [-0.39, 0.29) is 12.5 Å². The molecular formula is C16H13ClN2O3S. The maximum atomic E-state index is 12.1. The Balaban J connectivity index is 1.69. The van der Waals surface area contributed by atoms with Gasteiger partial charge in [-0.05, 0) is 32.0 Å². The van der Waals surface area contributed by atoms with Gasteiger partial charge < -0.3 is 9.26 Å². The van der Waals surface area contributed by atoms with E-state index in [2.05, 4.69) is 10.1 Å². The molecule has 3 rings (SSSR count). The van der Waals surface area contributed by atoms with E-state index in [0.717, 1.165) is 9.75 Å². The molecule has 0 radical (unpaired) electrons. The lowest BCUT2D eigenvalue weighted by Crippen LogP contribution is -2.05. The Bertz CT molecular complexity index is 857. The molecule has 0 aliphatic carbocycles. The summed E-state index contributed by atoms with van der Waals surface area (Å²) in [5.74, 6) is 0.187. The van der Waals surface area contributed by atoms with E-state index in [4.69, 9.17) is 20.9 Å². The van der Waals surface area contributed by atoms with Crippen LogP contribution in [0.3, 0.4) is 0 Å². The first-order chi connectivity index (χ1) is 11.0. The second-order valence-corrected chi connectivity index (χ2v) is 6.76. The first-order valence-electron chi connectivity index (χ1n) is 6.86. The van der Waals surface area contributed by atoms with Crippen molar-refractivity contribution >= 4 is 28.9 Å². The molecule has 0 saturated carbocycles. The fraction of sp³-hybridized carbons (Fsp3) is 0.188. The highest BCUT2D eigenvalue weighted by atomic mass is 35.5. The van der Waals surface area contributed by atoms with Crippen LogP contribution in [0.4, 0.5) is 0 Å². The smallest absolute Gasteiger partial charge is 0.339 e. The number of nitrogens with zero attached hydrogens (tertiary/aromatic N) is 2. The van der Waals surface area contributed by atoms with Crippen molar-refractivity contribution in [3.8, 4) is 11.4 Å². The Kier molecular flexibility index (Phi) is 4.45. The van der Waals surface area contributed by atoms with Gasteiger partial charge in [0, 0.05) is 15.3 Å². The lowest BCUT2D eigenvalue weighted by molar-refractivity contribution is 0.0429. The summed E-state index contributed by atoms with van der Waals surface area (Å²) in [6.45, 7) is 3.75. The molecule has 0 amide bonds. The molecule has 0 N–H and O–H groups in total. The Labute approximate surface area is 141 Å². The molecule has 0 aliphatic heterocycles. The number of ether oxygens (including phenoxy) is 1. The standard InChI is InChI=1S/C16H13ClN2O3S/c1-9-7-12(10(2)23-9)16(20)21-8-14-18-15(19-22-14)11-5-3-4-6-13(11)17/h3-7H,8H2,1-2H3. The number of rotatable bonds is 4. The van der Waals surface area contributed by atoms with Crippen LogP contribution in [0.15, 0.2) is 34.9 Å². The van der Waals surface area contributed by atoms with Gasteiger partial charge in [0.15, 0.2) is 6.61 Å². The van der Waals surface area contributed by atoms with Crippen molar-refractivity contribution in [2.45, 2.75) is 20.5 Å². The topological polar surface area (TPSA) is 65.2 Å². The van der Waals surface area contributed by atoms with Crippen LogP contribution in [-0.2, 0) is 11.3 Å². The number of benzene rings is 1. The zero-order chi connectivity index (χ0) is 16.4. The van der Waals surface area contributed by atoms with Gasteiger partial charge in [-0.3, -0.25) is 0 Å². The van der Waals surface area contributed by atoms with Gasteiger partial charge in [-0.15, -0.1) is 11.3 Å². The van der Waals surface area contributed by atoms with Crippen LogP contribution >= 0.6 is 22.9 Å². The van der Waals surface area contributed by atoms with Gasteiger partial charge in [0.1, 0.15) is 0 Å². The summed E-state index contributed by atoms with van der Waals surface area (Å²) in [4.78, 5) is 18.2. The minimum atomic E-state index is -0.399. The van der Waals surface area contributed by atoms with E-state index in [1.54, 1.807) is 23.5 Å². The van der Waals surface area contributed by atoms with Gasteiger partial charge >= 0.3 is 5.97 Å². The van der Waals surface area contributed by atoms with Crippen molar-refractivity contribution in [3.05, 3.63) is 56.6 Å². The van der Waals surface area contributed by atoms with Crippen LogP contribution in [0.25, 0.3) is 11.4 Å². The average molecular weight is 349 g/mol. The summed E-state index contributed by atoms with van der Waals surface area (Å²) >= 11 is 7.64. The van der Waals surface area contributed by atoms with Gasteiger partial charge in [0.2, 0.25) is 5.82 Å². The molecule has 0 aliphatic rings. The zero-order valence-electron chi connectivity index (χ0n) is 12.5. The molecule has 118 valence electrons. The molecule has 0 saturated heterocycles. The highest BCUT2D eigenvalue weighted by molar-refractivity contribution is 7.12. The number of hydrogen-bond donors (Lipinski definition) is 0. The quantitative estimate of drug-likeness (QED) is 0.653. The molecule has 5 nitrogen and oxygen atoms in total. The van der Waals surface area contributed by atoms with E-state index >= 15 is 0 Å². The molecule has 0 spiro atoms. The first-order valence-corrected chi connectivity index (χ1v) is 8.05. The largest absolute Gasteiger partial charge is 0.452 e. The van der Waals surface area contributed by atoms with Crippen molar-refractivity contribution in [1.82, 2.24) is 10.1 Å². The number of halogens is 1. The molecule has 0 bridgehead atoms. The molecule has 3 aromatic rings. The zero-order valence-corrected chi connectivity index (χ0v) is 14.1. The third-order valence-electron chi connectivity index (χ3n) is 3.17. The highest BCUT2D eigenvalue weighted by Gasteiger charge is 2.16. The lowest BCUT2D eigenvalue weighted by Gasteiger charge is -2.00. The van der Waals surface area contributed by atoms with E-state index < -0.39 is 5.97 Å². The summed E-state index contributed by atoms with van der Waals surface area (Å²) in [6.07, 6.45) is 0. The first kappa shape index (κ1) is 15.7. The molecule has 23 heavy (non-hydrogen) atoms. The molecule has 2 aromatic heterocycles. The van der Waals surface area contributed by atoms with Crippen LogP contribution in [-0.4, -0.2) is 16.1 Å². The van der Waals surface area contributed by atoms with E-state index in [1.807, 2.05) is 32.0 Å². The molecule has 1 aromatic carbocycles. The van der Waals surface area contributed by atoms with Gasteiger partial charge in [-0.1, -0.05) is 28.9 Å². The second kappa shape index (κ2) is 6.52. The number of carbonyl (C=O) groups excluding carboxylic acids is 1. The molecular weight excluding hydrogens is 336 g/mol. The van der Waals surface area contributed by atoms with Crippen molar-refractivity contribution < 1.29 is 14.1 Å². The second-order valence-electron chi connectivity index (χ2n) is 4.89. The van der Waals surface area contributed by atoms with Crippen molar-refractivity contribution in [1.29, 1.82) is 0 Å². The van der Waals surface area contributed by atoms with E-state index in [9.17, 15) is 4.79 Å². The minimum absolute atomic E-state index is 0.0787. The average Bonchev–Trinajstić information content (AvgIpc) is 3.12. The normalized spacial score (nSPS) is 10.7. The molecule has 7 heteroatoms. The summed E-state index contributed by atoms with van der Waals surface area (Å²) in [7, 11) is 0. The fourth-order valence-electron chi connectivity index (χ4n) is 2.10. The number of carbonyl (C=O) groups is 1. The maximum Gasteiger partial charge on any atom is 0.339 e. The maximum absolute atomic E-state index is 12.1. The van der Waals surface area contributed by atoms with E-state index in [0.29, 0.717) is 22.0 Å². The predicted octanol–water partition coefficient (Wildman–Crippen LogP) is 4.43. The number of hydrogen-bond acceptors (Lipinski definition) is 6. The number of thiophene rings is 1. The van der Waals surface area contributed by atoms with Crippen LogP contribution in [0.2, 0.25) is 5.02 Å². The lowest BCUT2D eigenvalue weighted by atomic mass is 10.2. The third-order valence-corrected chi connectivity index (χ3v) is 4.47. The summed E-state index contributed by atoms with van der Waals surface area (Å²) in [5, 5.41) is 4.39. The Hall–Kier alpha value is -2.18. The highest BCUT2D eigenvalue weighted by Crippen LogP contribution is 2.25. The number of aromatic nitrogens is 2. The third kappa shape index (κ3) is 3.43. The summed E-state index contributed by atoms with van der Waals surface area (Å²) in [6, 6.07) is 9.00. The number of aryl methyl sites for hydroxylation is 2. The van der Waals surface area contributed by atoms with Crippen molar-refractivity contribution in [2.75, 3.05) is 0 Å². The van der Waals surface area contributed by atoms with Crippen LogP contribution in [0.1, 0.15) is 26.0 Å². The minimum Gasteiger partial charge on any atom is -0.452 e. The number of esters is 1. The van der Waals surface area contributed by atoms with Gasteiger partial charge in [0.25, 0.3) is 5.89 Å². The summed E-state index contributed by atoms with van der Waals surface area (Å²) in [5.41, 5.74) is 1.23. The van der Waals surface area contributed by atoms with Gasteiger partial charge in [-0.25, -0.2) is 4.79 Å². The Morgan fingerprint density at radius 3 is 2.83 bits per heavy atom. The molecule has 0 unspecified atom stereocenters. The van der Waals surface area contributed by atoms with Crippen LogP contribution in [0.5, 0.6) is 0 Å². The Morgan fingerprint density at radius 1 is 1.35 bits per heavy atom. The molecule has 2 heterocycles. The Morgan fingerprint density at radius 2 is 2.13 bits per heavy atom. The van der Waals surface area contributed by atoms with Gasteiger partial charge in [-0.2, -0.15) is 4.98 Å². The fourth-order valence-corrected chi connectivity index (χ4v) is 3.24. The predicted molar refractivity (Wildman–Crippen MR) is 87.7 cm³/mol. The SMILES string of the molecule is Cc1cc(C(=O)OCc2nc(-c3ccccc3Cl)no2)c(C)s1. The van der Waals surface area contributed by atoms with Gasteiger partial charge in [0.05, 0.1) is 10.6 Å². The molecule has 0 atom stereocenters. The van der Waals surface area contributed by atoms with Crippen LogP contribution in [0, 0.1) is 13.8 Å². The van der Waals surface area contributed by atoms with E-state index in [1.165, 1.54) is 0 Å². The summed E-state index contributed by atoms with van der Waals surface area (Å²) < 4.78 is 10.3. The van der Waals surface area contributed by atoms with Crippen molar-refractivity contribution in [3.63, 3.8) is 0 Å².